The molecule has 1 heterocycles. The standard InChI is InChI=1S/C11H23N3O/c1-3-13(2)11(15)9-14-7-5-4-6-10(14)8-12/h10H,3-9,12H2,1-2H3. The van der Waals surface area contributed by atoms with E-state index in [4.69, 9.17) is 5.73 Å². The molecule has 1 atom stereocenters. The highest BCUT2D eigenvalue weighted by Crippen LogP contribution is 2.15. The molecule has 0 aliphatic carbocycles. The SMILES string of the molecule is CCN(C)C(=O)CN1CCCCC1CN. The van der Waals surface area contributed by atoms with Crippen molar-refractivity contribution in [2.75, 3.05) is 33.2 Å². The molecule has 1 rings (SSSR count). The fraction of sp³-hybridized carbons (Fsp3) is 0.909. The normalized spacial score (nSPS) is 22.7. The molecule has 0 spiro atoms. The van der Waals surface area contributed by atoms with Crippen LogP contribution in [0.25, 0.3) is 0 Å². The zero-order valence-electron chi connectivity index (χ0n) is 9.91. The summed E-state index contributed by atoms with van der Waals surface area (Å²) in [6, 6.07) is 0.410. The Hall–Kier alpha value is -0.610. The first-order valence-corrected chi connectivity index (χ1v) is 5.87. The maximum Gasteiger partial charge on any atom is 0.236 e. The van der Waals surface area contributed by atoms with Crippen LogP contribution >= 0.6 is 0 Å². The minimum atomic E-state index is 0.206. The van der Waals surface area contributed by atoms with E-state index in [1.165, 1.54) is 12.8 Å². The van der Waals surface area contributed by atoms with Gasteiger partial charge in [0.25, 0.3) is 0 Å². The minimum Gasteiger partial charge on any atom is -0.345 e. The number of likely N-dealkylation sites (tertiary alicyclic amines) is 1. The van der Waals surface area contributed by atoms with Crippen LogP contribution in [0.5, 0.6) is 0 Å². The van der Waals surface area contributed by atoms with Crippen molar-refractivity contribution in [3.8, 4) is 0 Å². The summed E-state index contributed by atoms with van der Waals surface area (Å²) in [5.74, 6) is 0.206. The number of likely N-dealkylation sites (N-methyl/N-ethyl adjacent to an activating group) is 1. The van der Waals surface area contributed by atoms with E-state index in [2.05, 4.69) is 4.90 Å². The zero-order valence-corrected chi connectivity index (χ0v) is 9.91. The lowest BCUT2D eigenvalue weighted by Gasteiger charge is -2.35. The first-order chi connectivity index (χ1) is 7.19. The van der Waals surface area contributed by atoms with Crippen molar-refractivity contribution in [2.45, 2.75) is 32.2 Å². The highest BCUT2D eigenvalue weighted by atomic mass is 16.2. The number of piperidine rings is 1. The van der Waals surface area contributed by atoms with E-state index in [1.807, 2.05) is 14.0 Å². The van der Waals surface area contributed by atoms with Gasteiger partial charge in [-0.25, -0.2) is 0 Å². The van der Waals surface area contributed by atoms with Crippen molar-refractivity contribution < 1.29 is 4.79 Å². The number of nitrogens with two attached hydrogens (primary N) is 1. The summed E-state index contributed by atoms with van der Waals surface area (Å²) in [4.78, 5) is 15.7. The Kier molecular flexibility index (Phi) is 5.05. The number of carbonyl (C=O) groups excluding carboxylic acids is 1. The number of hydrogen-bond acceptors (Lipinski definition) is 3. The van der Waals surface area contributed by atoms with Gasteiger partial charge in [-0.05, 0) is 26.3 Å². The van der Waals surface area contributed by atoms with Gasteiger partial charge in [-0.15, -0.1) is 0 Å². The van der Waals surface area contributed by atoms with E-state index in [0.717, 1.165) is 19.5 Å². The van der Waals surface area contributed by atoms with Gasteiger partial charge in [0.15, 0.2) is 0 Å². The molecule has 15 heavy (non-hydrogen) atoms. The molecule has 0 bridgehead atoms. The molecule has 0 saturated carbocycles. The number of rotatable bonds is 4. The lowest BCUT2D eigenvalue weighted by molar-refractivity contribution is -0.131. The smallest absolute Gasteiger partial charge is 0.236 e. The average molecular weight is 213 g/mol. The van der Waals surface area contributed by atoms with Crippen LogP contribution < -0.4 is 5.73 Å². The first-order valence-electron chi connectivity index (χ1n) is 5.87. The van der Waals surface area contributed by atoms with E-state index in [1.54, 1.807) is 4.90 Å². The van der Waals surface area contributed by atoms with E-state index in [-0.39, 0.29) is 5.91 Å². The molecule has 1 aliphatic heterocycles. The van der Waals surface area contributed by atoms with Crippen LogP contribution in [0.4, 0.5) is 0 Å². The van der Waals surface area contributed by atoms with Crippen molar-refractivity contribution in [3.63, 3.8) is 0 Å². The maximum absolute atomic E-state index is 11.7. The van der Waals surface area contributed by atoms with E-state index in [9.17, 15) is 4.79 Å². The topological polar surface area (TPSA) is 49.6 Å². The third kappa shape index (κ3) is 3.47. The van der Waals surface area contributed by atoms with Crippen LogP contribution in [-0.2, 0) is 4.79 Å². The molecule has 1 fully saturated rings. The molecule has 1 amide bonds. The van der Waals surface area contributed by atoms with Gasteiger partial charge in [0.05, 0.1) is 6.54 Å². The largest absolute Gasteiger partial charge is 0.345 e. The van der Waals surface area contributed by atoms with Crippen molar-refractivity contribution >= 4 is 5.91 Å². The van der Waals surface area contributed by atoms with Gasteiger partial charge in [0.2, 0.25) is 5.91 Å². The molecule has 0 aromatic heterocycles. The van der Waals surface area contributed by atoms with E-state index < -0.39 is 0 Å². The van der Waals surface area contributed by atoms with Crippen LogP contribution in [0.3, 0.4) is 0 Å². The van der Waals surface area contributed by atoms with Gasteiger partial charge in [0.1, 0.15) is 0 Å². The van der Waals surface area contributed by atoms with Gasteiger partial charge in [0, 0.05) is 26.2 Å². The molecule has 1 aliphatic rings. The molecule has 4 nitrogen and oxygen atoms in total. The molecule has 4 heteroatoms. The Morgan fingerprint density at radius 1 is 1.53 bits per heavy atom. The Bertz CT molecular complexity index is 208. The number of nitrogens with zero attached hydrogens (tertiary/aromatic N) is 2. The Morgan fingerprint density at radius 3 is 2.87 bits per heavy atom. The van der Waals surface area contributed by atoms with Gasteiger partial charge in [-0.1, -0.05) is 6.42 Å². The van der Waals surface area contributed by atoms with Crippen molar-refractivity contribution in [1.82, 2.24) is 9.80 Å². The second kappa shape index (κ2) is 6.08. The lowest BCUT2D eigenvalue weighted by atomic mass is 10.0. The van der Waals surface area contributed by atoms with Gasteiger partial charge in [-0.2, -0.15) is 0 Å². The molecule has 2 N–H and O–H groups in total. The Labute approximate surface area is 92.4 Å². The second-order valence-electron chi connectivity index (χ2n) is 4.26. The highest BCUT2D eigenvalue weighted by Gasteiger charge is 2.23. The van der Waals surface area contributed by atoms with Crippen LogP contribution in [0.15, 0.2) is 0 Å². The Balaban J connectivity index is 2.44. The molecule has 0 aromatic rings. The third-order valence-electron chi connectivity index (χ3n) is 3.26. The predicted octanol–water partition coefficient (Wildman–Crippen LogP) is 0.278. The maximum atomic E-state index is 11.7. The fourth-order valence-electron chi connectivity index (χ4n) is 2.01. The van der Waals surface area contributed by atoms with Gasteiger partial charge >= 0.3 is 0 Å². The molecular weight excluding hydrogens is 190 g/mol. The van der Waals surface area contributed by atoms with E-state index >= 15 is 0 Å². The monoisotopic (exact) mass is 213 g/mol. The van der Waals surface area contributed by atoms with Gasteiger partial charge in [-0.3, -0.25) is 9.69 Å². The van der Waals surface area contributed by atoms with Crippen LogP contribution in [-0.4, -0.2) is 55.0 Å². The predicted molar refractivity (Wildman–Crippen MR) is 61.6 cm³/mol. The van der Waals surface area contributed by atoms with Crippen molar-refractivity contribution in [3.05, 3.63) is 0 Å². The van der Waals surface area contributed by atoms with Crippen LogP contribution in [0.1, 0.15) is 26.2 Å². The number of amides is 1. The van der Waals surface area contributed by atoms with Crippen molar-refractivity contribution in [2.24, 2.45) is 5.73 Å². The lowest BCUT2D eigenvalue weighted by Crippen LogP contribution is -2.48. The van der Waals surface area contributed by atoms with Crippen LogP contribution in [0, 0.1) is 0 Å². The summed E-state index contributed by atoms with van der Waals surface area (Å²) < 4.78 is 0. The molecule has 1 unspecified atom stereocenters. The summed E-state index contributed by atoms with van der Waals surface area (Å²) in [6.45, 7) is 5.00. The zero-order chi connectivity index (χ0) is 11.3. The molecule has 0 aromatic carbocycles. The van der Waals surface area contributed by atoms with Gasteiger partial charge < -0.3 is 10.6 Å². The van der Waals surface area contributed by atoms with Crippen LogP contribution in [0.2, 0.25) is 0 Å². The summed E-state index contributed by atoms with van der Waals surface area (Å²) in [6.07, 6.45) is 3.58. The number of carbonyl (C=O) groups is 1. The average Bonchev–Trinajstić information content (AvgIpc) is 2.28. The second-order valence-corrected chi connectivity index (χ2v) is 4.26. The minimum absolute atomic E-state index is 0.206. The summed E-state index contributed by atoms with van der Waals surface area (Å²) >= 11 is 0. The fourth-order valence-corrected chi connectivity index (χ4v) is 2.01. The molecule has 88 valence electrons. The third-order valence-corrected chi connectivity index (χ3v) is 3.26. The van der Waals surface area contributed by atoms with E-state index in [0.29, 0.717) is 19.1 Å². The molecule has 0 radical (unpaired) electrons. The summed E-state index contributed by atoms with van der Waals surface area (Å²) in [5, 5.41) is 0. The quantitative estimate of drug-likeness (QED) is 0.729. The van der Waals surface area contributed by atoms with Crippen molar-refractivity contribution in [1.29, 1.82) is 0 Å². The molecular formula is C11H23N3O. The number of hydrogen-bond donors (Lipinski definition) is 1. The highest BCUT2D eigenvalue weighted by molar-refractivity contribution is 5.77. The first kappa shape index (κ1) is 12.5. The summed E-state index contributed by atoms with van der Waals surface area (Å²) in [7, 11) is 1.85. The molecule has 1 saturated heterocycles. The summed E-state index contributed by atoms with van der Waals surface area (Å²) in [5.41, 5.74) is 5.71. The Morgan fingerprint density at radius 2 is 2.27 bits per heavy atom.